The third-order valence-corrected chi connectivity index (χ3v) is 4.60. The molecule has 0 saturated carbocycles. The fraction of sp³-hybridized carbons (Fsp3) is 0.0455. The van der Waals surface area contributed by atoms with Gasteiger partial charge in [0.15, 0.2) is 0 Å². The van der Waals surface area contributed by atoms with E-state index in [4.69, 9.17) is 0 Å². The predicted octanol–water partition coefficient (Wildman–Crippen LogP) is 4.62. The number of anilines is 1. The van der Waals surface area contributed by atoms with E-state index >= 15 is 0 Å². The lowest BCUT2D eigenvalue weighted by atomic mass is 10.1. The molecule has 0 aliphatic rings. The lowest BCUT2D eigenvalue weighted by Crippen LogP contribution is -2.18. The van der Waals surface area contributed by atoms with Crippen LogP contribution in [0.4, 0.5) is 5.69 Å². The van der Waals surface area contributed by atoms with Crippen LogP contribution in [-0.2, 0) is 0 Å². The molecule has 0 heterocycles. The fourth-order valence-electron chi connectivity index (χ4n) is 2.46. The van der Waals surface area contributed by atoms with Crippen molar-refractivity contribution in [3.63, 3.8) is 0 Å². The maximum absolute atomic E-state index is 12.3. The van der Waals surface area contributed by atoms with E-state index in [0.717, 1.165) is 14.7 Å². The first-order valence-corrected chi connectivity index (χ1v) is 9.66. The van der Waals surface area contributed by atoms with E-state index in [1.165, 1.54) is 0 Å². The number of carbonyl (C=O) groups is 2. The highest BCUT2D eigenvalue weighted by molar-refractivity contribution is 14.1. The maximum atomic E-state index is 12.3. The zero-order chi connectivity index (χ0) is 19.9. The third-order valence-electron chi connectivity index (χ3n) is 3.92. The summed E-state index contributed by atoms with van der Waals surface area (Å²) in [4.78, 5) is 24.6. The Morgan fingerprint density at radius 1 is 0.893 bits per heavy atom. The zero-order valence-corrected chi connectivity index (χ0v) is 17.3. The van der Waals surface area contributed by atoms with Gasteiger partial charge in [0.25, 0.3) is 11.8 Å². The average Bonchev–Trinajstić information content (AvgIpc) is 2.68. The normalized spacial score (nSPS) is 10.6. The number of hydrogen-bond acceptors (Lipinski definition) is 3. The highest BCUT2D eigenvalue weighted by Gasteiger charge is 2.09. The molecule has 0 spiro atoms. The highest BCUT2D eigenvalue weighted by atomic mass is 127. The van der Waals surface area contributed by atoms with Crippen molar-refractivity contribution < 1.29 is 9.59 Å². The second kappa shape index (κ2) is 9.27. The predicted molar refractivity (Wildman–Crippen MR) is 120 cm³/mol. The number of benzene rings is 3. The van der Waals surface area contributed by atoms with E-state index in [1.807, 2.05) is 43.3 Å². The van der Waals surface area contributed by atoms with Gasteiger partial charge in [-0.25, -0.2) is 5.43 Å². The smallest absolute Gasteiger partial charge is 0.271 e. The molecular formula is C22H18IN3O2. The van der Waals surface area contributed by atoms with E-state index in [2.05, 4.69) is 38.4 Å². The van der Waals surface area contributed by atoms with Crippen molar-refractivity contribution in [3.8, 4) is 0 Å². The first-order valence-electron chi connectivity index (χ1n) is 8.58. The number of nitrogens with one attached hydrogen (secondary N) is 2. The molecule has 0 saturated heterocycles. The van der Waals surface area contributed by atoms with Crippen LogP contribution >= 0.6 is 22.6 Å². The first kappa shape index (κ1) is 19.8. The lowest BCUT2D eigenvalue weighted by Gasteiger charge is -2.07. The summed E-state index contributed by atoms with van der Waals surface area (Å²) in [5.74, 6) is -0.581. The van der Waals surface area contributed by atoms with Crippen LogP contribution in [0.15, 0.2) is 77.9 Å². The Balaban J connectivity index is 1.64. The molecule has 2 N–H and O–H groups in total. The monoisotopic (exact) mass is 483 g/mol. The van der Waals surface area contributed by atoms with Crippen molar-refractivity contribution in [1.82, 2.24) is 5.43 Å². The van der Waals surface area contributed by atoms with Crippen molar-refractivity contribution in [1.29, 1.82) is 0 Å². The van der Waals surface area contributed by atoms with Gasteiger partial charge in [-0.15, -0.1) is 0 Å². The Morgan fingerprint density at radius 3 is 2.39 bits per heavy atom. The summed E-state index contributed by atoms with van der Waals surface area (Å²) in [5.41, 5.74) is 5.98. The highest BCUT2D eigenvalue weighted by Crippen LogP contribution is 2.13. The number of aryl methyl sites for hydroxylation is 1. The Hall–Kier alpha value is -3.00. The molecule has 0 atom stereocenters. The van der Waals surface area contributed by atoms with Gasteiger partial charge in [-0.05, 0) is 77.5 Å². The molecule has 5 nitrogen and oxygen atoms in total. The summed E-state index contributed by atoms with van der Waals surface area (Å²) in [6.45, 7) is 1.96. The Labute approximate surface area is 177 Å². The molecule has 2 amide bonds. The Kier molecular flexibility index (Phi) is 6.54. The summed E-state index contributed by atoms with van der Waals surface area (Å²) in [6, 6.07) is 21.8. The van der Waals surface area contributed by atoms with Crippen molar-refractivity contribution in [2.75, 3.05) is 5.32 Å². The number of nitrogens with zero attached hydrogens (tertiary/aromatic N) is 1. The van der Waals surface area contributed by atoms with Gasteiger partial charge in [0.05, 0.1) is 6.21 Å². The van der Waals surface area contributed by atoms with Gasteiger partial charge < -0.3 is 5.32 Å². The molecule has 140 valence electrons. The molecule has 0 aliphatic carbocycles. The molecule has 28 heavy (non-hydrogen) atoms. The molecule has 3 aromatic carbocycles. The number of hydrazone groups is 1. The van der Waals surface area contributed by atoms with Gasteiger partial charge in [-0.2, -0.15) is 5.10 Å². The molecule has 3 aromatic rings. The standard InChI is InChI=1S/C22H18IN3O2/c1-15-8-10-17(11-9-15)21(27)25-20-7-3-5-18(13-20)22(28)26-24-14-16-4-2-6-19(23)12-16/h2-14H,1H3,(H,25,27)(H,26,28). The summed E-state index contributed by atoms with van der Waals surface area (Å²) < 4.78 is 1.09. The SMILES string of the molecule is Cc1ccc(C(=O)Nc2cccc(C(=O)NN=Cc3cccc(I)c3)c2)cc1. The summed E-state index contributed by atoms with van der Waals surface area (Å²) in [7, 11) is 0. The molecule has 0 aliphatic heterocycles. The van der Waals surface area contributed by atoms with Crippen LogP contribution in [-0.4, -0.2) is 18.0 Å². The van der Waals surface area contributed by atoms with Crippen LogP contribution in [0, 0.1) is 10.5 Å². The summed E-state index contributed by atoms with van der Waals surface area (Å²) in [5, 5.41) is 6.79. The van der Waals surface area contributed by atoms with Crippen LogP contribution in [0.25, 0.3) is 0 Å². The third kappa shape index (κ3) is 5.50. The first-order chi connectivity index (χ1) is 13.5. The second-order valence-electron chi connectivity index (χ2n) is 6.16. The van der Waals surface area contributed by atoms with Crippen LogP contribution < -0.4 is 10.7 Å². The minimum Gasteiger partial charge on any atom is -0.322 e. The van der Waals surface area contributed by atoms with E-state index in [0.29, 0.717) is 16.8 Å². The molecule has 0 unspecified atom stereocenters. The number of amides is 2. The van der Waals surface area contributed by atoms with E-state index in [9.17, 15) is 9.59 Å². The van der Waals surface area contributed by atoms with Gasteiger partial charge >= 0.3 is 0 Å². The van der Waals surface area contributed by atoms with Crippen LogP contribution in [0.2, 0.25) is 0 Å². The van der Waals surface area contributed by atoms with Crippen LogP contribution in [0.1, 0.15) is 31.8 Å². The van der Waals surface area contributed by atoms with Crippen molar-refractivity contribution in [2.24, 2.45) is 5.10 Å². The largest absolute Gasteiger partial charge is 0.322 e. The molecule has 0 aromatic heterocycles. The van der Waals surface area contributed by atoms with E-state index in [1.54, 1.807) is 42.6 Å². The van der Waals surface area contributed by atoms with Crippen molar-refractivity contribution in [3.05, 3.63) is 98.6 Å². The van der Waals surface area contributed by atoms with Crippen LogP contribution in [0.5, 0.6) is 0 Å². The maximum Gasteiger partial charge on any atom is 0.271 e. The van der Waals surface area contributed by atoms with E-state index < -0.39 is 0 Å². The molecule has 3 rings (SSSR count). The van der Waals surface area contributed by atoms with Crippen LogP contribution in [0.3, 0.4) is 0 Å². The lowest BCUT2D eigenvalue weighted by molar-refractivity contribution is 0.0953. The minimum atomic E-state index is -0.353. The summed E-state index contributed by atoms with van der Waals surface area (Å²) >= 11 is 2.22. The molecule has 0 bridgehead atoms. The Bertz CT molecular complexity index is 1030. The van der Waals surface area contributed by atoms with Crippen molar-refractivity contribution >= 4 is 46.3 Å². The quantitative estimate of drug-likeness (QED) is 0.316. The molecular weight excluding hydrogens is 465 g/mol. The van der Waals surface area contributed by atoms with Gasteiger partial charge in [-0.3, -0.25) is 9.59 Å². The van der Waals surface area contributed by atoms with Gasteiger partial charge in [0.1, 0.15) is 0 Å². The fourth-order valence-corrected chi connectivity index (χ4v) is 3.03. The Morgan fingerprint density at radius 2 is 1.64 bits per heavy atom. The second-order valence-corrected chi connectivity index (χ2v) is 7.40. The zero-order valence-electron chi connectivity index (χ0n) is 15.1. The average molecular weight is 483 g/mol. The van der Waals surface area contributed by atoms with Crippen molar-refractivity contribution in [2.45, 2.75) is 6.92 Å². The number of rotatable bonds is 5. The topological polar surface area (TPSA) is 70.6 Å². The molecule has 6 heteroatoms. The summed E-state index contributed by atoms with van der Waals surface area (Å²) in [6.07, 6.45) is 1.59. The van der Waals surface area contributed by atoms with E-state index in [-0.39, 0.29) is 11.8 Å². The number of hydrogen-bond donors (Lipinski definition) is 2. The van der Waals surface area contributed by atoms with Gasteiger partial charge in [0, 0.05) is 20.4 Å². The molecule has 0 fully saturated rings. The number of carbonyl (C=O) groups excluding carboxylic acids is 2. The van der Waals surface area contributed by atoms with Gasteiger partial charge in [0.2, 0.25) is 0 Å². The molecule has 0 radical (unpaired) electrons. The number of halogens is 1. The minimum absolute atomic E-state index is 0.228. The van der Waals surface area contributed by atoms with Gasteiger partial charge in [-0.1, -0.05) is 35.9 Å².